The SMILES string of the molecule is CS(=O)c1ccc(-c2nc(C3=CC=NCC3)c(-c3ccc(F)cc3)[nH]2)cc1. The van der Waals surface area contributed by atoms with E-state index in [0.717, 1.165) is 51.8 Å². The molecule has 1 aliphatic heterocycles. The van der Waals surface area contributed by atoms with E-state index in [1.165, 1.54) is 12.1 Å². The summed E-state index contributed by atoms with van der Waals surface area (Å²) in [5.41, 5.74) is 4.59. The molecule has 0 spiro atoms. The Kier molecular flexibility index (Phi) is 4.81. The third kappa shape index (κ3) is 3.66. The molecule has 0 aliphatic carbocycles. The Balaban J connectivity index is 1.81. The van der Waals surface area contributed by atoms with Crippen LogP contribution in [0.4, 0.5) is 4.39 Å². The van der Waals surface area contributed by atoms with Crippen molar-refractivity contribution in [3.8, 4) is 22.6 Å². The molecule has 1 atom stereocenters. The number of hydrogen-bond acceptors (Lipinski definition) is 3. The Hall–Kier alpha value is -2.86. The van der Waals surface area contributed by atoms with E-state index in [1.807, 2.05) is 30.3 Å². The van der Waals surface area contributed by atoms with E-state index in [9.17, 15) is 8.60 Å². The number of aromatic amines is 1. The summed E-state index contributed by atoms with van der Waals surface area (Å²) in [6.45, 7) is 0.730. The third-order valence-electron chi connectivity index (χ3n) is 4.49. The van der Waals surface area contributed by atoms with Crippen LogP contribution in [-0.2, 0) is 10.8 Å². The van der Waals surface area contributed by atoms with Crippen molar-refractivity contribution in [2.24, 2.45) is 4.99 Å². The first kappa shape index (κ1) is 17.5. The molecule has 0 bridgehead atoms. The number of H-pyrrole nitrogens is 1. The van der Waals surface area contributed by atoms with Crippen LogP contribution in [0.1, 0.15) is 12.1 Å². The maximum atomic E-state index is 13.4. The Morgan fingerprint density at radius 1 is 1.04 bits per heavy atom. The summed E-state index contributed by atoms with van der Waals surface area (Å²) in [5.74, 6) is 0.452. The second kappa shape index (κ2) is 7.40. The van der Waals surface area contributed by atoms with Crippen molar-refractivity contribution >= 4 is 22.6 Å². The van der Waals surface area contributed by atoms with E-state index in [0.29, 0.717) is 0 Å². The van der Waals surface area contributed by atoms with Gasteiger partial charge in [-0.1, -0.05) is 12.1 Å². The van der Waals surface area contributed by atoms with Gasteiger partial charge in [0.1, 0.15) is 11.6 Å². The smallest absolute Gasteiger partial charge is 0.138 e. The number of aliphatic imine (C=N–C) groups is 1. The molecule has 4 nitrogen and oxygen atoms in total. The Morgan fingerprint density at radius 2 is 1.74 bits per heavy atom. The maximum Gasteiger partial charge on any atom is 0.138 e. The van der Waals surface area contributed by atoms with Gasteiger partial charge in [0.15, 0.2) is 0 Å². The molecular weight excluding hydrogens is 361 g/mol. The van der Waals surface area contributed by atoms with Crippen molar-refractivity contribution in [2.45, 2.75) is 11.3 Å². The van der Waals surface area contributed by atoms with Crippen molar-refractivity contribution in [3.63, 3.8) is 0 Å². The van der Waals surface area contributed by atoms with E-state index in [2.05, 4.69) is 9.98 Å². The first-order chi connectivity index (χ1) is 13.1. The Bertz CT molecular complexity index is 1050. The zero-order valence-corrected chi connectivity index (χ0v) is 15.6. The standard InChI is InChI=1S/C21H18FN3OS/c1-27(26)18-8-4-16(5-9-18)21-24-19(14-2-6-17(22)7-3-14)20(25-21)15-10-12-23-13-11-15/h2-10,12H,11,13H2,1H3,(H,24,25). The molecule has 27 heavy (non-hydrogen) atoms. The summed E-state index contributed by atoms with van der Waals surface area (Å²) >= 11 is 0. The minimum Gasteiger partial charge on any atom is -0.337 e. The molecule has 6 heteroatoms. The highest BCUT2D eigenvalue weighted by atomic mass is 32.2. The Labute approximate surface area is 159 Å². The molecule has 136 valence electrons. The molecule has 2 heterocycles. The number of imidazole rings is 1. The molecule has 4 rings (SSSR count). The predicted molar refractivity (Wildman–Crippen MR) is 108 cm³/mol. The summed E-state index contributed by atoms with van der Waals surface area (Å²) in [5, 5.41) is 0. The minimum absolute atomic E-state index is 0.271. The van der Waals surface area contributed by atoms with Crippen molar-refractivity contribution in [3.05, 3.63) is 66.1 Å². The van der Waals surface area contributed by atoms with Crippen LogP contribution < -0.4 is 0 Å². The quantitative estimate of drug-likeness (QED) is 0.727. The molecule has 2 aromatic carbocycles. The van der Waals surface area contributed by atoms with Crippen LogP contribution >= 0.6 is 0 Å². The van der Waals surface area contributed by atoms with Gasteiger partial charge in [0.05, 0.1) is 11.4 Å². The summed E-state index contributed by atoms with van der Waals surface area (Å²) in [6, 6.07) is 13.9. The van der Waals surface area contributed by atoms with Crippen LogP contribution in [-0.4, -0.2) is 33.2 Å². The Morgan fingerprint density at radius 3 is 2.37 bits per heavy atom. The third-order valence-corrected chi connectivity index (χ3v) is 5.43. The average molecular weight is 379 g/mol. The van der Waals surface area contributed by atoms with Gasteiger partial charge in [-0.3, -0.25) is 9.20 Å². The second-order valence-corrected chi connectivity index (χ2v) is 7.67. The number of nitrogens with one attached hydrogen (secondary N) is 1. The van der Waals surface area contributed by atoms with E-state index >= 15 is 0 Å². The number of rotatable bonds is 4. The van der Waals surface area contributed by atoms with Crippen molar-refractivity contribution in [1.29, 1.82) is 0 Å². The van der Waals surface area contributed by atoms with Gasteiger partial charge < -0.3 is 4.98 Å². The molecule has 0 fully saturated rings. The van der Waals surface area contributed by atoms with Crippen molar-refractivity contribution in [1.82, 2.24) is 9.97 Å². The molecule has 0 saturated carbocycles. The van der Waals surface area contributed by atoms with Crippen LogP contribution in [0.2, 0.25) is 0 Å². The van der Waals surface area contributed by atoms with Crippen molar-refractivity contribution < 1.29 is 8.60 Å². The first-order valence-electron chi connectivity index (χ1n) is 8.61. The lowest BCUT2D eigenvalue weighted by Gasteiger charge is -2.08. The van der Waals surface area contributed by atoms with Crippen LogP contribution in [0.15, 0.2) is 64.5 Å². The fourth-order valence-electron chi connectivity index (χ4n) is 3.06. The van der Waals surface area contributed by atoms with E-state index < -0.39 is 10.8 Å². The summed E-state index contributed by atoms with van der Waals surface area (Å²) in [7, 11) is -1.02. The predicted octanol–water partition coefficient (Wildman–Crippen LogP) is 4.48. The van der Waals surface area contributed by atoms with Crippen LogP contribution in [0.3, 0.4) is 0 Å². The molecule has 0 radical (unpaired) electrons. The highest BCUT2D eigenvalue weighted by Crippen LogP contribution is 2.32. The number of dihydropyridines is 1. The lowest BCUT2D eigenvalue weighted by atomic mass is 10.0. The average Bonchev–Trinajstić information content (AvgIpc) is 3.15. The number of aromatic nitrogens is 2. The highest BCUT2D eigenvalue weighted by molar-refractivity contribution is 7.84. The maximum absolute atomic E-state index is 13.4. The number of benzene rings is 2. The van der Waals surface area contributed by atoms with Crippen LogP contribution in [0, 0.1) is 5.82 Å². The van der Waals surface area contributed by atoms with Crippen LogP contribution in [0.5, 0.6) is 0 Å². The number of halogens is 1. The number of hydrogen-bond donors (Lipinski definition) is 1. The van der Waals surface area contributed by atoms with Crippen molar-refractivity contribution in [2.75, 3.05) is 12.8 Å². The van der Waals surface area contributed by atoms with Gasteiger partial charge in [-0.05, 0) is 54.5 Å². The van der Waals surface area contributed by atoms with Gasteiger partial charge in [-0.2, -0.15) is 0 Å². The van der Waals surface area contributed by atoms with E-state index in [4.69, 9.17) is 4.98 Å². The van der Waals surface area contributed by atoms with Crippen LogP contribution in [0.25, 0.3) is 28.2 Å². The molecule has 1 aliphatic rings. The molecule has 0 saturated heterocycles. The molecule has 1 unspecified atom stereocenters. The number of nitrogens with zero attached hydrogens (tertiary/aromatic N) is 2. The van der Waals surface area contributed by atoms with Gasteiger partial charge in [0, 0.05) is 45.8 Å². The second-order valence-electron chi connectivity index (χ2n) is 6.29. The van der Waals surface area contributed by atoms with Gasteiger partial charge >= 0.3 is 0 Å². The summed E-state index contributed by atoms with van der Waals surface area (Å²) in [6.07, 6.45) is 6.24. The summed E-state index contributed by atoms with van der Waals surface area (Å²) in [4.78, 5) is 13.2. The monoisotopic (exact) mass is 379 g/mol. The van der Waals surface area contributed by atoms with E-state index in [-0.39, 0.29) is 5.82 Å². The fourth-order valence-corrected chi connectivity index (χ4v) is 3.57. The zero-order valence-electron chi connectivity index (χ0n) is 14.8. The van der Waals surface area contributed by atoms with E-state index in [1.54, 1.807) is 24.6 Å². The lowest BCUT2D eigenvalue weighted by Crippen LogP contribution is -1.96. The minimum atomic E-state index is -1.02. The largest absolute Gasteiger partial charge is 0.337 e. The lowest BCUT2D eigenvalue weighted by molar-refractivity contribution is 0.628. The fraction of sp³-hybridized carbons (Fsp3) is 0.143. The van der Waals surface area contributed by atoms with Gasteiger partial charge in [-0.25, -0.2) is 9.37 Å². The molecule has 1 N–H and O–H groups in total. The topological polar surface area (TPSA) is 58.1 Å². The number of allylic oxidation sites excluding steroid dienone is 1. The molecule has 1 aromatic heterocycles. The zero-order chi connectivity index (χ0) is 18.8. The molecule has 3 aromatic rings. The normalized spacial score (nSPS) is 14.8. The highest BCUT2D eigenvalue weighted by Gasteiger charge is 2.18. The molecule has 0 amide bonds. The van der Waals surface area contributed by atoms with Gasteiger partial charge in [0.25, 0.3) is 0 Å². The van der Waals surface area contributed by atoms with Gasteiger partial charge in [-0.15, -0.1) is 0 Å². The van der Waals surface area contributed by atoms with Gasteiger partial charge in [0.2, 0.25) is 0 Å². The molecular formula is C21H18FN3OS. The summed E-state index contributed by atoms with van der Waals surface area (Å²) < 4.78 is 25.0. The first-order valence-corrected chi connectivity index (χ1v) is 10.2.